The van der Waals surface area contributed by atoms with Crippen molar-refractivity contribution in [2.24, 2.45) is 0 Å². The van der Waals surface area contributed by atoms with Crippen molar-refractivity contribution >= 4 is 39.9 Å². The molecule has 1 fully saturated rings. The first kappa shape index (κ1) is 25.6. The van der Waals surface area contributed by atoms with Crippen LogP contribution in [0.2, 0.25) is 0 Å². The maximum absolute atomic E-state index is 13.2. The van der Waals surface area contributed by atoms with Crippen molar-refractivity contribution in [1.29, 1.82) is 0 Å². The summed E-state index contributed by atoms with van der Waals surface area (Å²) in [5, 5.41) is 5.55. The smallest absolute Gasteiger partial charge is 0.243 e. The largest absolute Gasteiger partial charge is 0.352 e. The van der Waals surface area contributed by atoms with Crippen LogP contribution in [0.25, 0.3) is 0 Å². The molecule has 0 heterocycles. The van der Waals surface area contributed by atoms with Crippen LogP contribution >= 0.6 is 0 Å². The molecule has 2 aromatic carbocycles. The van der Waals surface area contributed by atoms with E-state index in [1.54, 1.807) is 25.1 Å². The summed E-state index contributed by atoms with van der Waals surface area (Å²) in [5.74, 6) is -2.56. The van der Waals surface area contributed by atoms with E-state index in [1.807, 2.05) is 13.0 Å². The monoisotopic (exact) mass is 487 g/mol. The molecule has 0 aliphatic heterocycles. The molecule has 0 spiro atoms. The highest BCUT2D eigenvalue weighted by Crippen LogP contribution is 2.22. The fourth-order valence-corrected chi connectivity index (χ4v) is 4.89. The van der Waals surface area contributed by atoms with Crippen molar-refractivity contribution in [3.63, 3.8) is 0 Å². The second-order valence-electron chi connectivity index (χ2n) is 8.55. The van der Waals surface area contributed by atoms with Gasteiger partial charge in [0, 0.05) is 28.2 Å². The normalized spacial score (nSPS) is 15.4. The summed E-state index contributed by atoms with van der Waals surface area (Å²) in [6.45, 7) is 3.53. The average molecular weight is 488 g/mol. The number of halogens is 1. The Morgan fingerprint density at radius 1 is 1.09 bits per heavy atom. The molecule has 2 atom stereocenters. The molecule has 0 saturated heterocycles. The number of hydrogen-bond acceptors (Lipinski definition) is 4. The lowest BCUT2D eigenvalue weighted by Crippen LogP contribution is -2.51. The van der Waals surface area contributed by atoms with E-state index < -0.39 is 46.0 Å². The van der Waals surface area contributed by atoms with Gasteiger partial charge < -0.3 is 10.6 Å². The van der Waals surface area contributed by atoms with Crippen molar-refractivity contribution in [3.8, 4) is 0 Å². The van der Waals surface area contributed by atoms with Gasteiger partial charge in [0.05, 0.1) is 0 Å². The number of amides is 3. The molecule has 34 heavy (non-hydrogen) atoms. The first-order valence-electron chi connectivity index (χ1n) is 11.3. The molecule has 2 unspecified atom stereocenters. The molecule has 7 nitrogen and oxygen atoms in total. The van der Waals surface area contributed by atoms with Gasteiger partial charge in [0.1, 0.15) is 23.4 Å². The van der Waals surface area contributed by atoms with Gasteiger partial charge in [-0.3, -0.25) is 23.5 Å². The van der Waals surface area contributed by atoms with Crippen molar-refractivity contribution in [2.75, 3.05) is 21.7 Å². The van der Waals surface area contributed by atoms with Crippen LogP contribution in [-0.2, 0) is 25.2 Å². The molecule has 9 heteroatoms. The predicted octanol–water partition coefficient (Wildman–Crippen LogP) is 3.30. The number of benzene rings is 2. The van der Waals surface area contributed by atoms with Gasteiger partial charge in [-0.2, -0.15) is 0 Å². The average Bonchev–Trinajstić information content (AvgIpc) is 3.28. The van der Waals surface area contributed by atoms with Gasteiger partial charge in [0.15, 0.2) is 0 Å². The van der Waals surface area contributed by atoms with E-state index in [9.17, 15) is 23.0 Å². The second-order valence-corrected chi connectivity index (χ2v) is 10.0. The lowest BCUT2D eigenvalue weighted by Gasteiger charge is -2.29. The topological polar surface area (TPSA) is 95.6 Å². The van der Waals surface area contributed by atoms with Crippen LogP contribution in [0.15, 0.2) is 48.5 Å². The van der Waals surface area contributed by atoms with Gasteiger partial charge >= 0.3 is 0 Å². The van der Waals surface area contributed by atoms with Crippen LogP contribution in [-0.4, -0.2) is 45.5 Å². The first-order valence-corrected chi connectivity index (χ1v) is 12.8. The third kappa shape index (κ3) is 7.21. The van der Waals surface area contributed by atoms with Gasteiger partial charge in [-0.1, -0.05) is 25.0 Å². The molecule has 2 aromatic rings. The van der Waals surface area contributed by atoms with Crippen molar-refractivity contribution < 1.29 is 23.0 Å². The highest BCUT2D eigenvalue weighted by atomic mass is 32.2. The molecule has 0 aromatic heterocycles. The van der Waals surface area contributed by atoms with Gasteiger partial charge in [-0.15, -0.1) is 0 Å². The highest BCUT2D eigenvalue weighted by Gasteiger charge is 2.30. The van der Waals surface area contributed by atoms with E-state index in [4.69, 9.17) is 0 Å². The van der Waals surface area contributed by atoms with E-state index in [0.717, 1.165) is 31.2 Å². The number of aryl methyl sites for hydroxylation is 1. The lowest BCUT2D eigenvalue weighted by atomic mass is 10.1. The fourth-order valence-electron chi connectivity index (χ4n) is 4.01. The van der Waals surface area contributed by atoms with E-state index in [1.165, 1.54) is 29.2 Å². The number of anilines is 2. The van der Waals surface area contributed by atoms with Crippen molar-refractivity contribution in [2.45, 2.75) is 51.6 Å². The Bertz CT molecular complexity index is 1050. The molecule has 1 saturated carbocycles. The van der Waals surface area contributed by atoms with Crippen LogP contribution in [0, 0.1) is 12.7 Å². The van der Waals surface area contributed by atoms with Crippen molar-refractivity contribution in [1.82, 2.24) is 5.32 Å². The standard InChI is InChI=1S/C25H30FN3O4S/c1-17-6-5-9-22(14-17)29(18(2)25(32)28-20-7-3-4-8-20)24(31)16-34(33)15-23(30)27-21-12-10-19(26)11-13-21/h5-6,9-14,18,20H,3-4,7-8,15-16H2,1-2H3,(H,27,30)(H,28,32). The van der Waals surface area contributed by atoms with Gasteiger partial charge in [0.25, 0.3) is 0 Å². The molecule has 1 aliphatic rings. The molecule has 3 amide bonds. The molecule has 2 N–H and O–H groups in total. The number of nitrogens with zero attached hydrogens (tertiary/aromatic N) is 1. The minimum Gasteiger partial charge on any atom is -0.352 e. The molecule has 0 bridgehead atoms. The Kier molecular flexibility index (Phi) is 8.92. The zero-order chi connectivity index (χ0) is 24.7. The Balaban J connectivity index is 1.67. The fraction of sp³-hybridized carbons (Fsp3) is 0.400. The summed E-state index contributed by atoms with van der Waals surface area (Å²) in [7, 11) is -1.80. The van der Waals surface area contributed by atoms with E-state index in [-0.39, 0.29) is 11.9 Å². The van der Waals surface area contributed by atoms with Crippen molar-refractivity contribution in [3.05, 3.63) is 59.9 Å². The Labute approximate surface area is 201 Å². The molecule has 3 rings (SSSR count). The maximum atomic E-state index is 13.2. The second kappa shape index (κ2) is 11.9. The number of rotatable bonds is 9. The third-order valence-electron chi connectivity index (χ3n) is 5.72. The molecule has 182 valence electrons. The number of carbonyl (C=O) groups excluding carboxylic acids is 3. The first-order chi connectivity index (χ1) is 16.2. The Hall–Kier alpha value is -3.07. The van der Waals surface area contributed by atoms with E-state index in [2.05, 4.69) is 10.6 Å². The molecule has 0 radical (unpaired) electrons. The number of hydrogen-bond donors (Lipinski definition) is 2. The lowest BCUT2D eigenvalue weighted by molar-refractivity contribution is -0.125. The number of nitrogens with one attached hydrogen (secondary N) is 2. The minimum absolute atomic E-state index is 0.105. The molecule has 1 aliphatic carbocycles. The van der Waals surface area contributed by atoms with Crippen LogP contribution in [0.1, 0.15) is 38.2 Å². The van der Waals surface area contributed by atoms with Gasteiger partial charge in [-0.25, -0.2) is 4.39 Å². The molecular formula is C25H30FN3O4S. The molecular weight excluding hydrogens is 457 g/mol. The zero-order valence-corrected chi connectivity index (χ0v) is 20.2. The van der Waals surface area contributed by atoms with Crippen LogP contribution in [0.4, 0.5) is 15.8 Å². The maximum Gasteiger partial charge on any atom is 0.243 e. The van der Waals surface area contributed by atoms with Crippen LogP contribution in [0.5, 0.6) is 0 Å². The number of carbonyl (C=O) groups is 3. The third-order valence-corrected chi connectivity index (χ3v) is 6.87. The predicted molar refractivity (Wildman–Crippen MR) is 131 cm³/mol. The Morgan fingerprint density at radius 2 is 1.76 bits per heavy atom. The zero-order valence-electron chi connectivity index (χ0n) is 19.4. The Morgan fingerprint density at radius 3 is 2.41 bits per heavy atom. The van der Waals surface area contributed by atoms with E-state index >= 15 is 0 Å². The minimum atomic E-state index is -1.80. The van der Waals surface area contributed by atoms with E-state index in [0.29, 0.717) is 11.4 Å². The summed E-state index contributed by atoms with van der Waals surface area (Å²) >= 11 is 0. The summed E-state index contributed by atoms with van der Waals surface area (Å²) < 4.78 is 25.6. The SMILES string of the molecule is Cc1cccc(N(C(=O)CS(=O)CC(=O)Nc2ccc(F)cc2)C(C)C(=O)NC2CCCC2)c1. The summed E-state index contributed by atoms with van der Waals surface area (Å²) in [5.41, 5.74) is 1.82. The van der Waals surface area contributed by atoms with Crippen LogP contribution in [0.3, 0.4) is 0 Å². The quantitative estimate of drug-likeness (QED) is 0.567. The summed E-state index contributed by atoms with van der Waals surface area (Å²) in [6, 6.07) is 11.7. The van der Waals surface area contributed by atoms with Gasteiger partial charge in [-0.05, 0) is 68.7 Å². The summed E-state index contributed by atoms with van der Waals surface area (Å²) in [6.07, 6.45) is 3.98. The summed E-state index contributed by atoms with van der Waals surface area (Å²) in [4.78, 5) is 39.7. The van der Waals surface area contributed by atoms with Gasteiger partial charge in [0.2, 0.25) is 17.7 Å². The highest BCUT2D eigenvalue weighted by molar-refractivity contribution is 7.86. The van der Waals surface area contributed by atoms with Crippen LogP contribution < -0.4 is 15.5 Å².